The van der Waals surface area contributed by atoms with Gasteiger partial charge in [0.1, 0.15) is 0 Å². The van der Waals surface area contributed by atoms with E-state index in [9.17, 15) is 4.79 Å². The Balaban J connectivity index is 0. The van der Waals surface area contributed by atoms with E-state index in [0.717, 1.165) is 11.0 Å². The molecule has 0 spiro atoms. The molecular weight excluding hydrogens is 178 g/mol. The number of rotatable bonds is 4. The van der Waals surface area contributed by atoms with Crippen LogP contribution in [0, 0.1) is 0 Å². The number of halogens is 1. The molecule has 0 heterocycles. The van der Waals surface area contributed by atoms with Crippen LogP contribution >= 0.6 is 12.4 Å². The Morgan fingerprint density at radius 2 is 1.83 bits per heavy atom. The van der Waals surface area contributed by atoms with Gasteiger partial charge in [0.25, 0.3) is 0 Å². The molecule has 0 aliphatic rings. The van der Waals surface area contributed by atoms with Crippen LogP contribution in [0.5, 0.6) is 0 Å². The molecule has 3 nitrogen and oxygen atoms in total. The first-order valence-electron chi connectivity index (χ1n) is 3.54. The Kier molecular flexibility index (Phi) is 6.03. The number of carbonyl (C=O) groups is 1. The van der Waals surface area contributed by atoms with E-state index in [0.29, 0.717) is 6.42 Å². The Labute approximate surface area is 79.7 Å². The van der Waals surface area contributed by atoms with Crippen LogP contribution in [0.25, 0.3) is 0 Å². The fraction of sp³-hybridized carbons (Fsp3) is 0.625. The van der Waals surface area contributed by atoms with Crippen LogP contribution in [-0.4, -0.2) is 43.2 Å². The van der Waals surface area contributed by atoms with E-state index in [4.69, 9.17) is 5.11 Å². The minimum absolute atomic E-state index is 0. The van der Waals surface area contributed by atoms with Crippen molar-refractivity contribution in [2.75, 3.05) is 27.7 Å². The fourth-order valence-corrected chi connectivity index (χ4v) is 0.577. The first-order chi connectivity index (χ1) is 4.83. The second-order valence-corrected chi connectivity index (χ2v) is 3.67. The van der Waals surface area contributed by atoms with Crippen LogP contribution in [0.2, 0.25) is 0 Å². The third-order valence-corrected chi connectivity index (χ3v) is 1.39. The molecule has 0 aliphatic carbocycles. The summed E-state index contributed by atoms with van der Waals surface area (Å²) in [5, 5.41) is 8.47. The van der Waals surface area contributed by atoms with Gasteiger partial charge < -0.3 is 9.59 Å². The third-order valence-electron chi connectivity index (χ3n) is 1.39. The van der Waals surface area contributed by atoms with Crippen LogP contribution in [0.15, 0.2) is 12.2 Å². The van der Waals surface area contributed by atoms with E-state index in [-0.39, 0.29) is 18.0 Å². The summed E-state index contributed by atoms with van der Waals surface area (Å²) in [7, 11) is 6.07. The monoisotopic (exact) mass is 194 g/mol. The quantitative estimate of drug-likeness (QED) is 0.539. The SMILES string of the molecule is C=C(CC[N+](C)(C)C)C(=O)O.Cl. The predicted octanol–water partition coefficient (Wildman–Crippen LogP) is 1.15. The predicted molar refractivity (Wildman–Crippen MR) is 51.5 cm³/mol. The van der Waals surface area contributed by atoms with Gasteiger partial charge in [0.2, 0.25) is 0 Å². The molecule has 72 valence electrons. The maximum atomic E-state index is 10.3. The summed E-state index contributed by atoms with van der Waals surface area (Å²) in [4.78, 5) is 10.3. The summed E-state index contributed by atoms with van der Waals surface area (Å²) in [5.74, 6) is -0.890. The van der Waals surface area contributed by atoms with Crippen LogP contribution in [0.1, 0.15) is 6.42 Å². The summed E-state index contributed by atoms with van der Waals surface area (Å²) in [6, 6.07) is 0. The zero-order valence-corrected chi connectivity index (χ0v) is 8.65. The standard InChI is InChI=1S/C8H15NO2.ClH/c1-7(8(10)11)5-6-9(2,3)4;/h1,5-6H2,2-4H3;1H/p+1. The highest BCUT2D eigenvalue weighted by Crippen LogP contribution is 2.01. The summed E-state index contributed by atoms with van der Waals surface area (Å²) in [6.45, 7) is 4.26. The topological polar surface area (TPSA) is 37.3 Å². The molecule has 4 heteroatoms. The summed E-state index contributed by atoms with van der Waals surface area (Å²) >= 11 is 0. The van der Waals surface area contributed by atoms with Crippen LogP contribution in [0.4, 0.5) is 0 Å². The van der Waals surface area contributed by atoms with Crippen molar-refractivity contribution < 1.29 is 14.4 Å². The fourth-order valence-electron chi connectivity index (χ4n) is 0.577. The Bertz CT molecular complexity index is 172. The first kappa shape index (κ1) is 14.0. The van der Waals surface area contributed by atoms with Crippen LogP contribution < -0.4 is 0 Å². The van der Waals surface area contributed by atoms with Crippen molar-refractivity contribution in [3.63, 3.8) is 0 Å². The van der Waals surface area contributed by atoms with Crippen LogP contribution in [0.3, 0.4) is 0 Å². The number of aliphatic carboxylic acids is 1. The average Bonchev–Trinajstić information content (AvgIpc) is 1.80. The lowest BCUT2D eigenvalue weighted by atomic mass is 10.2. The second kappa shape index (κ2) is 5.17. The molecule has 0 aliphatic heterocycles. The number of carboxylic acids is 1. The molecule has 0 radical (unpaired) electrons. The van der Waals surface area contributed by atoms with Gasteiger partial charge in [-0.2, -0.15) is 0 Å². The lowest BCUT2D eigenvalue weighted by molar-refractivity contribution is -0.870. The number of hydrogen-bond acceptors (Lipinski definition) is 1. The summed E-state index contributed by atoms with van der Waals surface area (Å²) in [5.41, 5.74) is 0.290. The van der Waals surface area contributed by atoms with Gasteiger partial charge >= 0.3 is 5.97 Å². The number of carboxylic acid groups (broad SMARTS) is 1. The highest BCUT2D eigenvalue weighted by molar-refractivity contribution is 5.85. The number of nitrogens with zero attached hydrogens (tertiary/aromatic N) is 1. The molecule has 0 aromatic carbocycles. The molecule has 0 saturated heterocycles. The van der Waals surface area contributed by atoms with E-state index < -0.39 is 5.97 Å². The molecule has 0 unspecified atom stereocenters. The molecule has 0 aromatic rings. The van der Waals surface area contributed by atoms with Gasteiger partial charge in [0.15, 0.2) is 0 Å². The van der Waals surface area contributed by atoms with Gasteiger partial charge in [-0.1, -0.05) is 6.58 Å². The minimum atomic E-state index is -0.890. The Morgan fingerprint density at radius 1 is 1.42 bits per heavy atom. The van der Waals surface area contributed by atoms with Crippen molar-refractivity contribution in [3.8, 4) is 0 Å². The van der Waals surface area contributed by atoms with Crippen molar-refractivity contribution in [1.29, 1.82) is 0 Å². The molecule has 12 heavy (non-hydrogen) atoms. The van der Waals surface area contributed by atoms with Crippen molar-refractivity contribution in [3.05, 3.63) is 12.2 Å². The highest BCUT2D eigenvalue weighted by atomic mass is 35.5. The lowest BCUT2D eigenvalue weighted by Crippen LogP contribution is -2.35. The van der Waals surface area contributed by atoms with Gasteiger partial charge in [-0.15, -0.1) is 12.4 Å². The Hall–Kier alpha value is -0.540. The van der Waals surface area contributed by atoms with Crippen LogP contribution in [-0.2, 0) is 4.79 Å². The molecule has 0 amide bonds. The lowest BCUT2D eigenvalue weighted by Gasteiger charge is -2.23. The summed E-state index contributed by atoms with van der Waals surface area (Å²) < 4.78 is 0.770. The van der Waals surface area contributed by atoms with E-state index in [1.165, 1.54) is 0 Å². The molecule has 0 fully saturated rings. The van der Waals surface area contributed by atoms with E-state index in [1.807, 2.05) is 21.1 Å². The zero-order valence-electron chi connectivity index (χ0n) is 7.83. The normalized spacial score (nSPS) is 10.2. The number of quaternary nitrogens is 1. The minimum Gasteiger partial charge on any atom is -0.478 e. The zero-order chi connectivity index (χ0) is 9.07. The molecule has 1 N–H and O–H groups in total. The molecule has 0 bridgehead atoms. The summed E-state index contributed by atoms with van der Waals surface area (Å²) in [6.07, 6.45) is 0.554. The van der Waals surface area contributed by atoms with E-state index in [2.05, 4.69) is 6.58 Å². The van der Waals surface area contributed by atoms with Gasteiger partial charge in [0, 0.05) is 12.0 Å². The Morgan fingerprint density at radius 3 is 2.08 bits per heavy atom. The smallest absolute Gasteiger partial charge is 0.331 e. The van der Waals surface area contributed by atoms with Gasteiger partial charge in [-0.3, -0.25) is 0 Å². The largest absolute Gasteiger partial charge is 0.478 e. The van der Waals surface area contributed by atoms with Crippen molar-refractivity contribution in [2.45, 2.75) is 6.42 Å². The van der Waals surface area contributed by atoms with Gasteiger partial charge in [-0.25, -0.2) is 4.79 Å². The average molecular weight is 195 g/mol. The van der Waals surface area contributed by atoms with Gasteiger partial charge in [-0.05, 0) is 0 Å². The molecule has 0 aromatic heterocycles. The molecule has 0 rings (SSSR count). The molecule has 0 atom stereocenters. The third kappa shape index (κ3) is 7.57. The maximum Gasteiger partial charge on any atom is 0.331 e. The van der Waals surface area contributed by atoms with E-state index in [1.54, 1.807) is 0 Å². The second-order valence-electron chi connectivity index (χ2n) is 3.67. The highest BCUT2D eigenvalue weighted by Gasteiger charge is 2.10. The van der Waals surface area contributed by atoms with Crippen molar-refractivity contribution in [1.82, 2.24) is 0 Å². The van der Waals surface area contributed by atoms with Gasteiger partial charge in [0.05, 0.1) is 27.7 Å². The first-order valence-corrected chi connectivity index (χ1v) is 3.54. The molecular formula is C8H17ClNO2+. The maximum absolute atomic E-state index is 10.3. The van der Waals surface area contributed by atoms with Crippen molar-refractivity contribution in [2.24, 2.45) is 0 Å². The molecule has 0 saturated carbocycles. The van der Waals surface area contributed by atoms with E-state index >= 15 is 0 Å². The number of hydrogen-bond donors (Lipinski definition) is 1. The van der Waals surface area contributed by atoms with Crippen molar-refractivity contribution >= 4 is 18.4 Å².